The molecule has 1 N–H and O–H groups in total. The molecule has 1 fully saturated rings. The zero-order valence-corrected chi connectivity index (χ0v) is 17.0. The van der Waals surface area contributed by atoms with Gasteiger partial charge in [0.15, 0.2) is 0 Å². The van der Waals surface area contributed by atoms with Crippen molar-refractivity contribution in [3.63, 3.8) is 0 Å². The van der Waals surface area contributed by atoms with Gasteiger partial charge in [-0.3, -0.25) is 9.36 Å². The lowest BCUT2D eigenvalue weighted by atomic mass is 9.86. The van der Waals surface area contributed by atoms with Crippen LogP contribution in [0.25, 0.3) is 0 Å². The summed E-state index contributed by atoms with van der Waals surface area (Å²) in [6.45, 7) is 2.06. The van der Waals surface area contributed by atoms with Crippen molar-refractivity contribution in [3.05, 3.63) is 16.3 Å². The van der Waals surface area contributed by atoms with Crippen LogP contribution in [0.5, 0.6) is 0 Å². The number of aryl methyl sites for hydroxylation is 1. The number of fused-ring (bicyclic) bond motifs is 1. The average Bonchev–Trinajstić information content (AvgIpc) is 2.82. The predicted octanol–water partition coefficient (Wildman–Crippen LogP) is 1.79. The van der Waals surface area contributed by atoms with E-state index in [1.807, 2.05) is 14.1 Å². The molecule has 0 aromatic carbocycles. The molecule has 2 heterocycles. The molecule has 1 aliphatic heterocycles. The Bertz CT molecular complexity index is 672. The van der Waals surface area contributed by atoms with E-state index in [1.165, 1.54) is 32.1 Å². The van der Waals surface area contributed by atoms with Crippen LogP contribution in [0.4, 0.5) is 0 Å². The summed E-state index contributed by atoms with van der Waals surface area (Å²) in [5.41, 5.74) is -0.0175. The molecule has 1 aromatic rings. The van der Waals surface area contributed by atoms with Crippen LogP contribution in [0.2, 0.25) is 0 Å². The van der Waals surface area contributed by atoms with Gasteiger partial charge in [-0.25, -0.2) is 9.48 Å². The zero-order valence-electron chi connectivity index (χ0n) is 17.0. The fourth-order valence-corrected chi connectivity index (χ4v) is 4.32. The molecule has 3 rings (SSSR count). The minimum Gasteiger partial charge on any atom is -0.353 e. The Balaban J connectivity index is 1.46. The first-order chi connectivity index (χ1) is 13.0. The predicted molar refractivity (Wildman–Crippen MR) is 106 cm³/mol. The number of hydrogen-bond donors (Lipinski definition) is 1. The molecule has 2 aliphatic rings. The average molecular weight is 378 g/mol. The number of carbonyl (C=O) groups excluding carboxylic acids is 1. The number of likely N-dealkylation sites (N-methyl/N-ethyl adjacent to an activating group) is 1. The summed E-state index contributed by atoms with van der Waals surface area (Å²) in [6, 6.07) is 0.153. The SMILES string of the molecule is CN(C)CCn1nc2n(c1=O)CCC(NC(=O)CCC1CCCCC1)CC2. The van der Waals surface area contributed by atoms with Gasteiger partial charge in [0.1, 0.15) is 5.82 Å². The molecular formula is C20H35N5O2. The maximum absolute atomic E-state index is 12.5. The van der Waals surface area contributed by atoms with Gasteiger partial charge < -0.3 is 10.2 Å². The highest BCUT2D eigenvalue weighted by atomic mass is 16.2. The molecule has 7 nitrogen and oxygen atoms in total. The third-order valence-corrected chi connectivity index (χ3v) is 6.05. The monoisotopic (exact) mass is 377 g/mol. The normalized spacial score (nSPS) is 21.1. The van der Waals surface area contributed by atoms with Crippen molar-refractivity contribution >= 4 is 5.91 Å². The quantitative estimate of drug-likeness (QED) is 0.786. The lowest BCUT2D eigenvalue weighted by Crippen LogP contribution is -2.36. The van der Waals surface area contributed by atoms with Crippen LogP contribution < -0.4 is 11.0 Å². The number of aromatic nitrogens is 3. The van der Waals surface area contributed by atoms with Gasteiger partial charge >= 0.3 is 5.69 Å². The van der Waals surface area contributed by atoms with Crippen molar-refractivity contribution in [2.24, 2.45) is 5.92 Å². The van der Waals surface area contributed by atoms with Gasteiger partial charge in [-0.1, -0.05) is 32.1 Å². The van der Waals surface area contributed by atoms with E-state index < -0.39 is 0 Å². The first kappa shape index (κ1) is 20.1. The standard InChI is InChI=1S/C20H35N5O2/c1-23(2)14-15-25-20(27)24-13-12-17(9-10-18(24)22-25)21-19(26)11-8-16-6-4-3-5-7-16/h16-17H,3-15H2,1-2H3,(H,21,26). The molecule has 0 spiro atoms. The molecule has 0 bridgehead atoms. The Morgan fingerprint density at radius 1 is 1.19 bits per heavy atom. The maximum atomic E-state index is 12.5. The van der Waals surface area contributed by atoms with E-state index in [4.69, 9.17) is 0 Å². The fourth-order valence-electron chi connectivity index (χ4n) is 4.32. The highest BCUT2D eigenvalue weighted by Gasteiger charge is 2.22. The van der Waals surface area contributed by atoms with Crippen LogP contribution in [-0.2, 0) is 24.3 Å². The topological polar surface area (TPSA) is 72.2 Å². The Hall–Kier alpha value is -1.63. The van der Waals surface area contributed by atoms with Crippen LogP contribution in [0, 0.1) is 5.92 Å². The van der Waals surface area contributed by atoms with Crippen molar-refractivity contribution in [2.75, 3.05) is 20.6 Å². The van der Waals surface area contributed by atoms with Gasteiger partial charge in [0, 0.05) is 32.0 Å². The molecule has 1 unspecified atom stereocenters. The highest BCUT2D eigenvalue weighted by molar-refractivity contribution is 5.76. The zero-order chi connectivity index (χ0) is 19.2. The van der Waals surface area contributed by atoms with Crippen LogP contribution in [0.1, 0.15) is 63.6 Å². The van der Waals surface area contributed by atoms with Crippen LogP contribution in [0.3, 0.4) is 0 Å². The number of nitrogens with one attached hydrogen (secondary N) is 1. The van der Waals surface area contributed by atoms with E-state index in [9.17, 15) is 9.59 Å². The van der Waals surface area contributed by atoms with E-state index in [2.05, 4.69) is 15.3 Å². The third-order valence-electron chi connectivity index (χ3n) is 6.05. The van der Waals surface area contributed by atoms with E-state index in [1.54, 1.807) is 9.25 Å². The van der Waals surface area contributed by atoms with Crippen molar-refractivity contribution < 1.29 is 4.79 Å². The minimum absolute atomic E-state index is 0.0175. The number of carbonyl (C=O) groups is 1. The lowest BCUT2D eigenvalue weighted by Gasteiger charge is -2.22. The van der Waals surface area contributed by atoms with E-state index in [0.29, 0.717) is 19.5 Å². The summed E-state index contributed by atoms with van der Waals surface area (Å²) in [5, 5.41) is 7.72. The van der Waals surface area contributed by atoms with Crippen LogP contribution in [0.15, 0.2) is 4.79 Å². The van der Waals surface area contributed by atoms with Gasteiger partial charge in [-0.05, 0) is 39.3 Å². The summed E-state index contributed by atoms with van der Waals surface area (Å²) in [4.78, 5) is 26.9. The van der Waals surface area contributed by atoms with E-state index in [-0.39, 0.29) is 17.6 Å². The third kappa shape index (κ3) is 5.67. The lowest BCUT2D eigenvalue weighted by molar-refractivity contribution is -0.122. The summed E-state index contributed by atoms with van der Waals surface area (Å²) >= 11 is 0. The minimum atomic E-state index is -0.0175. The van der Waals surface area contributed by atoms with Gasteiger partial charge in [-0.2, -0.15) is 5.10 Å². The van der Waals surface area contributed by atoms with Crippen molar-refractivity contribution in [1.29, 1.82) is 0 Å². The van der Waals surface area contributed by atoms with Crippen LogP contribution >= 0.6 is 0 Å². The number of nitrogens with zero attached hydrogens (tertiary/aromatic N) is 4. The summed E-state index contributed by atoms with van der Waals surface area (Å²) < 4.78 is 3.38. The second-order valence-electron chi connectivity index (χ2n) is 8.51. The molecule has 0 radical (unpaired) electrons. The van der Waals surface area contributed by atoms with Crippen molar-refractivity contribution in [1.82, 2.24) is 24.6 Å². The summed E-state index contributed by atoms with van der Waals surface area (Å²) in [7, 11) is 3.99. The Morgan fingerprint density at radius 3 is 2.70 bits per heavy atom. The molecule has 1 aliphatic carbocycles. The van der Waals surface area contributed by atoms with Crippen molar-refractivity contribution in [2.45, 2.75) is 83.3 Å². The van der Waals surface area contributed by atoms with Gasteiger partial charge in [0.25, 0.3) is 0 Å². The molecule has 152 valence electrons. The van der Waals surface area contributed by atoms with Gasteiger partial charge in [-0.15, -0.1) is 0 Å². The van der Waals surface area contributed by atoms with Gasteiger partial charge in [0.05, 0.1) is 6.54 Å². The first-order valence-electron chi connectivity index (χ1n) is 10.6. The molecule has 0 saturated heterocycles. The second kappa shape index (κ2) is 9.53. The smallest absolute Gasteiger partial charge is 0.345 e. The Labute approximate surface area is 162 Å². The maximum Gasteiger partial charge on any atom is 0.345 e. The molecule has 1 atom stereocenters. The fraction of sp³-hybridized carbons (Fsp3) is 0.850. The molecule has 27 heavy (non-hydrogen) atoms. The van der Waals surface area contributed by atoms with Crippen LogP contribution in [-0.4, -0.2) is 51.8 Å². The van der Waals surface area contributed by atoms with E-state index in [0.717, 1.165) is 44.0 Å². The number of hydrogen-bond acceptors (Lipinski definition) is 4. The molecule has 1 saturated carbocycles. The molecule has 1 amide bonds. The summed E-state index contributed by atoms with van der Waals surface area (Å²) in [6.07, 6.45) is 10.7. The highest BCUT2D eigenvalue weighted by Crippen LogP contribution is 2.27. The van der Waals surface area contributed by atoms with E-state index >= 15 is 0 Å². The first-order valence-corrected chi connectivity index (χ1v) is 10.6. The van der Waals surface area contributed by atoms with Crippen molar-refractivity contribution in [3.8, 4) is 0 Å². The summed E-state index contributed by atoms with van der Waals surface area (Å²) in [5.74, 6) is 1.77. The molecule has 1 aromatic heterocycles. The van der Waals surface area contributed by atoms with Gasteiger partial charge in [0.2, 0.25) is 5.91 Å². The molecule has 7 heteroatoms. The largest absolute Gasteiger partial charge is 0.353 e. The Morgan fingerprint density at radius 2 is 1.96 bits per heavy atom. The number of amides is 1. The second-order valence-corrected chi connectivity index (χ2v) is 8.51. The molecular weight excluding hydrogens is 342 g/mol. The number of rotatable bonds is 7. The Kier molecular flexibility index (Phi) is 7.10.